The third kappa shape index (κ3) is 5.36. The first-order valence-electron chi connectivity index (χ1n) is 8.48. The number of hydrogen-bond donors (Lipinski definition) is 2. The molecule has 0 saturated heterocycles. The van der Waals surface area contributed by atoms with Gasteiger partial charge in [-0.1, -0.05) is 48.0 Å². The molecule has 1 atom stereocenters. The van der Waals surface area contributed by atoms with E-state index in [4.69, 9.17) is 4.74 Å². The minimum atomic E-state index is 0. The van der Waals surface area contributed by atoms with Gasteiger partial charge in [-0.15, -0.1) is 24.0 Å². The lowest BCUT2D eigenvalue weighted by Gasteiger charge is -2.26. The molecular formula is C20H26IN3O. The Bertz CT molecular complexity index is 700. The van der Waals surface area contributed by atoms with E-state index in [1.54, 1.807) is 0 Å². The van der Waals surface area contributed by atoms with Crippen LogP contribution in [0.15, 0.2) is 53.5 Å². The number of aryl methyl sites for hydroxylation is 1. The topological polar surface area (TPSA) is 45.7 Å². The molecule has 1 unspecified atom stereocenters. The fourth-order valence-electron chi connectivity index (χ4n) is 2.96. The van der Waals surface area contributed by atoms with Crippen LogP contribution in [0.25, 0.3) is 0 Å². The zero-order valence-corrected chi connectivity index (χ0v) is 17.1. The predicted octanol–water partition coefficient (Wildman–Crippen LogP) is 3.84. The number of hydrogen-bond acceptors (Lipinski definition) is 2. The van der Waals surface area contributed by atoms with Crippen molar-refractivity contribution in [3.05, 3.63) is 65.2 Å². The summed E-state index contributed by atoms with van der Waals surface area (Å²) >= 11 is 0. The van der Waals surface area contributed by atoms with Gasteiger partial charge in [0.1, 0.15) is 5.75 Å². The summed E-state index contributed by atoms with van der Waals surface area (Å²) in [6, 6.07) is 16.9. The SMILES string of the molecule is CN=C(NCc1ccc(C)cc1)NCC1CCOc2ccccc21.I. The smallest absolute Gasteiger partial charge is 0.191 e. The fourth-order valence-corrected chi connectivity index (χ4v) is 2.96. The molecule has 5 heteroatoms. The lowest BCUT2D eigenvalue weighted by Crippen LogP contribution is -2.39. The largest absolute Gasteiger partial charge is 0.493 e. The van der Waals surface area contributed by atoms with E-state index in [-0.39, 0.29) is 24.0 Å². The summed E-state index contributed by atoms with van der Waals surface area (Å²) in [5, 5.41) is 6.82. The van der Waals surface area contributed by atoms with E-state index in [2.05, 4.69) is 58.9 Å². The van der Waals surface area contributed by atoms with Crippen molar-refractivity contribution in [2.45, 2.75) is 25.8 Å². The summed E-state index contributed by atoms with van der Waals surface area (Å²) < 4.78 is 5.73. The molecule has 0 amide bonds. The molecule has 4 nitrogen and oxygen atoms in total. The number of aliphatic imine (C=N–C) groups is 1. The van der Waals surface area contributed by atoms with Gasteiger partial charge in [0.05, 0.1) is 6.61 Å². The van der Waals surface area contributed by atoms with E-state index in [1.165, 1.54) is 16.7 Å². The Morgan fingerprint density at radius 3 is 2.64 bits per heavy atom. The maximum absolute atomic E-state index is 5.73. The Balaban J connectivity index is 0.00000225. The molecule has 2 N–H and O–H groups in total. The first kappa shape index (κ1) is 19.6. The standard InChI is InChI=1S/C20H25N3O.HI/c1-15-7-9-16(10-8-15)13-22-20(21-2)23-14-17-11-12-24-19-6-4-3-5-18(17)19;/h3-10,17H,11-14H2,1-2H3,(H2,21,22,23);1H. The first-order chi connectivity index (χ1) is 11.8. The normalized spacial score (nSPS) is 16.2. The van der Waals surface area contributed by atoms with Crippen molar-refractivity contribution in [3.8, 4) is 5.75 Å². The van der Waals surface area contributed by atoms with Gasteiger partial charge < -0.3 is 15.4 Å². The Kier molecular flexibility index (Phi) is 7.55. The minimum absolute atomic E-state index is 0. The summed E-state index contributed by atoms with van der Waals surface area (Å²) in [5.41, 5.74) is 3.81. The molecule has 2 aromatic rings. The van der Waals surface area contributed by atoms with Crippen molar-refractivity contribution in [2.24, 2.45) is 4.99 Å². The highest BCUT2D eigenvalue weighted by Crippen LogP contribution is 2.32. The van der Waals surface area contributed by atoms with Crippen molar-refractivity contribution in [1.29, 1.82) is 0 Å². The maximum atomic E-state index is 5.73. The van der Waals surface area contributed by atoms with Gasteiger partial charge in [-0.2, -0.15) is 0 Å². The van der Waals surface area contributed by atoms with E-state index >= 15 is 0 Å². The highest BCUT2D eigenvalue weighted by molar-refractivity contribution is 14.0. The van der Waals surface area contributed by atoms with E-state index in [0.29, 0.717) is 5.92 Å². The van der Waals surface area contributed by atoms with Crippen LogP contribution in [-0.2, 0) is 6.54 Å². The number of nitrogens with one attached hydrogen (secondary N) is 2. The molecule has 134 valence electrons. The lowest BCUT2D eigenvalue weighted by atomic mass is 9.93. The summed E-state index contributed by atoms with van der Waals surface area (Å²) in [6.45, 7) is 4.50. The van der Waals surface area contributed by atoms with Crippen LogP contribution in [-0.4, -0.2) is 26.2 Å². The number of fused-ring (bicyclic) bond motifs is 1. The minimum Gasteiger partial charge on any atom is -0.493 e. The van der Waals surface area contributed by atoms with Gasteiger partial charge in [-0.25, -0.2) is 0 Å². The highest BCUT2D eigenvalue weighted by Gasteiger charge is 2.20. The molecule has 1 heterocycles. The molecule has 25 heavy (non-hydrogen) atoms. The molecule has 0 radical (unpaired) electrons. The maximum Gasteiger partial charge on any atom is 0.191 e. The van der Waals surface area contributed by atoms with Gasteiger partial charge in [-0.05, 0) is 30.5 Å². The monoisotopic (exact) mass is 451 g/mol. The highest BCUT2D eigenvalue weighted by atomic mass is 127. The third-order valence-electron chi connectivity index (χ3n) is 4.40. The second kappa shape index (κ2) is 9.65. The van der Waals surface area contributed by atoms with Gasteiger partial charge in [0.25, 0.3) is 0 Å². The molecule has 0 spiro atoms. The Hall–Kier alpha value is -1.76. The van der Waals surface area contributed by atoms with Crippen molar-refractivity contribution in [2.75, 3.05) is 20.2 Å². The molecule has 3 rings (SSSR count). The van der Waals surface area contributed by atoms with Gasteiger partial charge in [0.15, 0.2) is 5.96 Å². The van der Waals surface area contributed by atoms with E-state index < -0.39 is 0 Å². The first-order valence-corrected chi connectivity index (χ1v) is 8.48. The summed E-state index contributed by atoms with van der Waals surface area (Å²) in [5.74, 6) is 2.30. The predicted molar refractivity (Wildman–Crippen MR) is 114 cm³/mol. The molecule has 1 aliphatic heterocycles. The van der Waals surface area contributed by atoms with Gasteiger partial charge in [0.2, 0.25) is 0 Å². The number of guanidine groups is 1. The lowest BCUT2D eigenvalue weighted by molar-refractivity contribution is 0.267. The van der Waals surface area contributed by atoms with Gasteiger partial charge >= 0.3 is 0 Å². The van der Waals surface area contributed by atoms with Crippen LogP contribution >= 0.6 is 24.0 Å². The van der Waals surface area contributed by atoms with Crippen LogP contribution in [0.5, 0.6) is 5.75 Å². The van der Waals surface area contributed by atoms with Crippen molar-refractivity contribution in [3.63, 3.8) is 0 Å². The van der Waals surface area contributed by atoms with E-state index in [9.17, 15) is 0 Å². The van der Waals surface area contributed by atoms with Gasteiger partial charge in [-0.3, -0.25) is 4.99 Å². The zero-order valence-electron chi connectivity index (χ0n) is 14.8. The van der Waals surface area contributed by atoms with Crippen molar-refractivity contribution < 1.29 is 4.74 Å². The molecule has 0 saturated carbocycles. The molecular weight excluding hydrogens is 425 g/mol. The van der Waals surface area contributed by atoms with Crippen molar-refractivity contribution in [1.82, 2.24) is 10.6 Å². The number of rotatable bonds is 4. The summed E-state index contributed by atoms with van der Waals surface area (Å²) in [7, 11) is 1.81. The van der Waals surface area contributed by atoms with Crippen LogP contribution in [0.2, 0.25) is 0 Å². The average molecular weight is 451 g/mol. The molecule has 0 aliphatic carbocycles. The number of nitrogens with zero attached hydrogens (tertiary/aromatic N) is 1. The van der Waals surface area contributed by atoms with Crippen LogP contribution in [0.4, 0.5) is 0 Å². The average Bonchev–Trinajstić information content (AvgIpc) is 2.63. The Morgan fingerprint density at radius 1 is 1.12 bits per heavy atom. The second-order valence-corrected chi connectivity index (χ2v) is 6.16. The Labute approximate surface area is 167 Å². The summed E-state index contributed by atoms with van der Waals surface area (Å²) in [6.07, 6.45) is 1.03. The van der Waals surface area contributed by atoms with Crippen molar-refractivity contribution >= 4 is 29.9 Å². The molecule has 0 fully saturated rings. The van der Waals surface area contributed by atoms with Crippen LogP contribution < -0.4 is 15.4 Å². The van der Waals surface area contributed by atoms with Crippen LogP contribution in [0.1, 0.15) is 29.0 Å². The molecule has 0 aromatic heterocycles. The third-order valence-corrected chi connectivity index (χ3v) is 4.40. The van der Waals surface area contributed by atoms with Crippen LogP contribution in [0.3, 0.4) is 0 Å². The number of halogens is 1. The molecule has 1 aliphatic rings. The number of para-hydroxylation sites is 1. The second-order valence-electron chi connectivity index (χ2n) is 6.16. The van der Waals surface area contributed by atoms with E-state index in [0.717, 1.165) is 37.8 Å². The zero-order chi connectivity index (χ0) is 16.8. The number of ether oxygens (including phenoxy) is 1. The summed E-state index contributed by atoms with van der Waals surface area (Å²) in [4.78, 5) is 4.32. The quantitative estimate of drug-likeness (QED) is 0.422. The molecule has 0 bridgehead atoms. The van der Waals surface area contributed by atoms with E-state index in [1.807, 2.05) is 19.2 Å². The number of benzene rings is 2. The van der Waals surface area contributed by atoms with Crippen LogP contribution in [0, 0.1) is 6.92 Å². The van der Waals surface area contributed by atoms with Gasteiger partial charge in [0, 0.05) is 26.1 Å². The fraction of sp³-hybridized carbons (Fsp3) is 0.350. The Morgan fingerprint density at radius 2 is 1.88 bits per heavy atom. The molecule has 2 aromatic carbocycles.